The number of amidine groups is 1. The van der Waals surface area contributed by atoms with Gasteiger partial charge < -0.3 is 5.32 Å². The van der Waals surface area contributed by atoms with Gasteiger partial charge in [0.1, 0.15) is 11.1 Å². The lowest BCUT2D eigenvalue weighted by atomic mass is 10.2. The SMILES string of the molecule is CC1=NC2N=C(C3CC3)NC(=O)C2S1. The van der Waals surface area contributed by atoms with Crippen LogP contribution in [0.2, 0.25) is 0 Å². The van der Waals surface area contributed by atoms with Gasteiger partial charge in [0.05, 0.1) is 5.04 Å². The van der Waals surface area contributed by atoms with Crippen molar-refractivity contribution in [2.24, 2.45) is 15.9 Å². The third kappa shape index (κ3) is 1.27. The third-order valence-corrected chi connectivity index (χ3v) is 3.79. The van der Waals surface area contributed by atoms with Crippen LogP contribution < -0.4 is 5.32 Å². The molecule has 3 aliphatic rings. The molecule has 1 N–H and O–H groups in total. The molecule has 0 aromatic heterocycles. The van der Waals surface area contributed by atoms with Gasteiger partial charge in [-0.1, -0.05) is 11.8 Å². The summed E-state index contributed by atoms with van der Waals surface area (Å²) in [6.07, 6.45) is 2.17. The molecule has 1 aliphatic carbocycles. The van der Waals surface area contributed by atoms with Crippen molar-refractivity contribution in [3.05, 3.63) is 0 Å². The number of nitrogens with zero attached hydrogens (tertiary/aromatic N) is 2. The lowest BCUT2D eigenvalue weighted by Gasteiger charge is -2.21. The van der Waals surface area contributed by atoms with Gasteiger partial charge >= 0.3 is 0 Å². The fourth-order valence-corrected chi connectivity index (χ4v) is 2.70. The molecule has 0 aromatic rings. The first-order valence-electron chi connectivity index (χ1n) is 4.83. The van der Waals surface area contributed by atoms with E-state index in [1.54, 1.807) is 0 Å². The van der Waals surface area contributed by atoms with E-state index in [0.717, 1.165) is 23.7 Å². The van der Waals surface area contributed by atoms with Crippen LogP contribution in [0.5, 0.6) is 0 Å². The number of hydrogen-bond acceptors (Lipinski definition) is 4. The highest BCUT2D eigenvalue weighted by atomic mass is 32.2. The maximum Gasteiger partial charge on any atom is 0.243 e. The van der Waals surface area contributed by atoms with E-state index < -0.39 is 0 Å². The van der Waals surface area contributed by atoms with Gasteiger partial charge in [-0.2, -0.15) is 0 Å². The topological polar surface area (TPSA) is 53.8 Å². The number of fused-ring (bicyclic) bond motifs is 1. The average molecular weight is 209 g/mol. The van der Waals surface area contributed by atoms with Crippen molar-refractivity contribution in [3.63, 3.8) is 0 Å². The van der Waals surface area contributed by atoms with E-state index in [9.17, 15) is 4.79 Å². The van der Waals surface area contributed by atoms with Gasteiger partial charge in [-0.25, -0.2) is 4.99 Å². The van der Waals surface area contributed by atoms with Crippen molar-refractivity contribution >= 4 is 28.5 Å². The molecule has 2 heterocycles. The van der Waals surface area contributed by atoms with Crippen LogP contribution >= 0.6 is 11.8 Å². The predicted molar refractivity (Wildman–Crippen MR) is 56.6 cm³/mol. The first kappa shape index (κ1) is 8.47. The van der Waals surface area contributed by atoms with Crippen LogP contribution in [0, 0.1) is 5.92 Å². The standard InChI is InChI=1S/C9H11N3OS/c1-4-10-8-6(14-4)9(13)12-7(11-8)5-2-3-5/h5-6,8H,2-3H2,1H3,(H,11,12,13). The zero-order valence-corrected chi connectivity index (χ0v) is 8.67. The molecule has 1 amide bonds. The van der Waals surface area contributed by atoms with Crippen molar-refractivity contribution in [2.75, 3.05) is 0 Å². The number of carbonyl (C=O) groups excluding carboxylic acids is 1. The lowest BCUT2D eigenvalue weighted by Crippen LogP contribution is -2.46. The van der Waals surface area contributed by atoms with E-state index in [0.29, 0.717) is 5.92 Å². The molecule has 0 aromatic carbocycles. The zero-order valence-electron chi connectivity index (χ0n) is 7.86. The molecular formula is C9H11N3OS. The highest BCUT2D eigenvalue weighted by Crippen LogP contribution is 2.35. The van der Waals surface area contributed by atoms with Crippen LogP contribution in [-0.2, 0) is 4.79 Å². The molecule has 5 heteroatoms. The Kier molecular flexibility index (Phi) is 1.71. The highest BCUT2D eigenvalue weighted by molar-refractivity contribution is 8.15. The van der Waals surface area contributed by atoms with Gasteiger partial charge in [0.15, 0.2) is 6.17 Å². The zero-order chi connectivity index (χ0) is 9.71. The summed E-state index contributed by atoms with van der Waals surface area (Å²) in [5, 5.41) is 3.74. The smallest absolute Gasteiger partial charge is 0.243 e. The van der Waals surface area contributed by atoms with E-state index in [1.165, 1.54) is 11.8 Å². The third-order valence-electron chi connectivity index (χ3n) is 2.63. The van der Waals surface area contributed by atoms with Gasteiger partial charge in [-0.15, -0.1) is 0 Å². The molecule has 2 unspecified atom stereocenters. The predicted octanol–water partition coefficient (Wildman–Crippen LogP) is 0.785. The van der Waals surface area contributed by atoms with E-state index >= 15 is 0 Å². The van der Waals surface area contributed by atoms with Gasteiger partial charge in [0.2, 0.25) is 5.91 Å². The quantitative estimate of drug-likeness (QED) is 0.694. The summed E-state index contributed by atoms with van der Waals surface area (Å²) in [5.74, 6) is 1.45. The summed E-state index contributed by atoms with van der Waals surface area (Å²) < 4.78 is 0. The van der Waals surface area contributed by atoms with E-state index in [-0.39, 0.29) is 17.3 Å². The largest absolute Gasteiger partial charge is 0.313 e. The Morgan fingerprint density at radius 1 is 1.43 bits per heavy atom. The summed E-state index contributed by atoms with van der Waals surface area (Å²) in [7, 11) is 0. The number of rotatable bonds is 1. The minimum atomic E-state index is -0.149. The number of amides is 1. The monoisotopic (exact) mass is 209 g/mol. The first-order chi connectivity index (χ1) is 6.74. The molecule has 2 atom stereocenters. The fraction of sp³-hybridized carbons (Fsp3) is 0.667. The van der Waals surface area contributed by atoms with E-state index in [2.05, 4.69) is 15.3 Å². The highest BCUT2D eigenvalue weighted by Gasteiger charge is 2.41. The molecule has 4 nitrogen and oxygen atoms in total. The molecule has 0 radical (unpaired) electrons. The summed E-state index contributed by atoms with van der Waals surface area (Å²) >= 11 is 1.52. The Balaban J connectivity index is 1.90. The second kappa shape index (κ2) is 2.82. The molecular weight excluding hydrogens is 198 g/mol. The molecule has 2 aliphatic heterocycles. The van der Waals surface area contributed by atoms with Crippen LogP contribution in [0.15, 0.2) is 9.98 Å². The number of hydrogen-bond donors (Lipinski definition) is 1. The van der Waals surface area contributed by atoms with Crippen molar-refractivity contribution in [1.82, 2.24) is 5.32 Å². The molecule has 0 saturated heterocycles. The molecule has 74 valence electrons. The lowest BCUT2D eigenvalue weighted by molar-refractivity contribution is -0.119. The van der Waals surface area contributed by atoms with Gasteiger partial charge in [0, 0.05) is 5.92 Å². The molecule has 1 fully saturated rings. The number of carbonyl (C=O) groups is 1. The van der Waals surface area contributed by atoms with Crippen LogP contribution in [-0.4, -0.2) is 28.2 Å². The maximum absolute atomic E-state index is 11.7. The number of aliphatic imine (C=N–C) groups is 2. The number of nitrogens with one attached hydrogen (secondary N) is 1. The Labute approximate surface area is 86.3 Å². The number of thioether (sulfide) groups is 1. The Hall–Kier alpha value is -0.840. The van der Waals surface area contributed by atoms with Crippen LogP contribution in [0.3, 0.4) is 0 Å². The summed E-state index contributed by atoms with van der Waals surface area (Å²) in [6.45, 7) is 1.93. The molecule has 3 rings (SSSR count). The van der Waals surface area contributed by atoms with Gasteiger partial charge in [-0.3, -0.25) is 9.79 Å². The molecule has 0 bridgehead atoms. The minimum absolute atomic E-state index is 0.0810. The van der Waals surface area contributed by atoms with Crippen molar-refractivity contribution in [3.8, 4) is 0 Å². The Bertz CT molecular complexity index is 359. The van der Waals surface area contributed by atoms with Crippen LogP contribution in [0.1, 0.15) is 19.8 Å². The second-order valence-corrected chi connectivity index (χ2v) is 5.21. The fourth-order valence-electron chi connectivity index (χ4n) is 1.75. The first-order valence-corrected chi connectivity index (χ1v) is 5.71. The minimum Gasteiger partial charge on any atom is -0.313 e. The Morgan fingerprint density at radius 3 is 2.93 bits per heavy atom. The summed E-state index contributed by atoms with van der Waals surface area (Å²) in [6, 6.07) is 0. The van der Waals surface area contributed by atoms with E-state index in [4.69, 9.17) is 0 Å². The molecule has 1 saturated carbocycles. The van der Waals surface area contributed by atoms with Crippen molar-refractivity contribution in [2.45, 2.75) is 31.2 Å². The van der Waals surface area contributed by atoms with Crippen molar-refractivity contribution < 1.29 is 4.79 Å². The summed E-state index contributed by atoms with van der Waals surface area (Å²) in [5.41, 5.74) is 0. The molecule has 14 heavy (non-hydrogen) atoms. The van der Waals surface area contributed by atoms with Crippen LogP contribution in [0.25, 0.3) is 0 Å². The van der Waals surface area contributed by atoms with Gasteiger partial charge in [-0.05, 0) is 19.8 Å². The average Bonchev–Trinajstić information content (AvgIpc) is 2.89. The maximum atomic E-state index is 11.7. The normalized spacial score (nSPS) is 35.9. The van der Waals surface area contributed by atoms with Crippen LogP contribution in [0.4, 0.5) is 0 Å². The second-order valence-electron chi connectivity index (χ2n) is 3.88. The van der Waals surface area contributed by atoms with Crippen molar-refractivity contribution in [1.29, 1.82) is 0 Å². The molecule has 0 spiro atoms. The summed E-state index contributed by atoms with van der Waals surface area (Å²) in [4.78, 5) is 20.5. The van der Waals surface area contributed by atoms with E-state index in [1.807, 2.05) is 6.92 Å². The Morgan fingerprint density at radius 2 is 2.21 bits per heavy atom. The van der Waals surface area contributed by atoms with Gasteiger partial charge in [0.25, 0.3) is 0 Å².